The van der Waals surface area contributed by atoms with Gasteiger partial charge in [-0.1, -0.05) is 31.2 Å². The molecule has 2 N–H and O–H groups in total. The van der Waals surface area contributed by atoms with Crippen LogP contribution in [-0.4, -0.2) is 47.9 Å². The van der Waals surface area contributed by atoms with E-state index < -0.39 is 5.97 Å². The molecule has 3 rings (SSSR count). The van der Waals surface area contributed by atoms with Gasteiger partial charge in [-0.25, -0.2) is 4.79 Å². The number of aryl methyl sites for hydroxylation is 2. The molecule has 1 fully saturated rings. The van der Waals surface area contributed by atoms with Crippen molar-refractivity contribution in [3.8, 4) is 0 Å². The Hall–Kier alpha value is -3.09. The highest BCUT2D eigenvalue weighted by Gasteiger charge is 2.31. The minimum absolute atomic E-state index is 0.0355. The zero-order valence-corrected chi connectivity index (χ0v) is 18.7. The van der Waals surface area contributed by atoms with Crippen molar-refractivity contribution in [1.82, 2.24) is 15.2 Å². The molecule has 1 aliphatic heterocycles. The van der Waals surface area contributed by atoms with Gasteiger partial charge in [0.1, 0.15) is 5.69 Å². The van der Waals surface area contributed by atoms with Crippen LogP contribution in [0.1, 0.15) is 63.0 Å². The fourth-order valence-corrected chi connectivity index (χ4v) is 4.13. The molecule has 0 aliphatic carbocycles. The number of H-pyrrole nitrogens is 1. The Balaban J connectivity index is 1.63. The second kappa shape index (κ2) is 9.81. The van der Waals surface area contributed by atoms with Crippen LogP contribution in [0.25, 0.3) is 0 Å². The minimum atomic E-state index is -0.465. The number of amides is 2. The van der Waals surface area contributed by atoms with E-state index in [2.05, 4.69) is 29.4 Å². The van der Waals surface area contributed by atoms with Gasteiger partial charge in [0, 0.05) is 25.3 Å². The van der Waals surface area contributed by atoms with Gasteiger partial charge in [0.25, 0.3) is 5.91 Å². The highest BCUT2D eigenvalue weighted by molar-refractivity contribution is 6.00. The molecule has 0 radical (unpaired) electrons. The number of aromatic nitrogens is 1. The molecule has 2 amide bonds. The molecule has 7 heteroatoms. The summed E-state index contributed by atoms with van der Waals surface area (Å²) in [5, 5.41) is 3.01. The maximum atomic E-state index is 13.1. The summed E-state index contributed by atoms with van der Waals surface area (Å²) >= 11 is 0. The molecule has 166 valence electrons. The maximum absolute atomic E-state index is 13.1. The number of nitrogens with one attached hydrogen (secondary N) is 2. The van der Waals surface area contributed by atoms with E-state index in [4.69, 9.17) is 4.74 Å². The lowest BCUT2D eigenvalue weighted by atomic mass is 9.96. The number of rotatable bonds is 6. The number of ether oxygens (including phenoxy) is 1. The van der Waals surface area contributed by atoms with Crippen LogP contribution in [-0.2, 0) is 22.5 Å². The predicted octanol–water partition coefficient (Wildman–Crippen LogP) is 3.15. The third-order valence-corrected chi connectivity index (χ3v) is 6.02. The largest absolute Gasteiger partial charge is 0.465 e. The lowest BCUT2D eigenvalue weighted by Crippen LogP contribution is -2.45. The molecule has 1 aliphatic rings. The van der Waals surface area contributed by atoms with Gasteiger partial charge < -0.3 is 19.9 Å². The SMILES string of the molecule is CCc1ccc(CNC(=O)[C@@H]2CCCN(C(=O)c3[nH]c(C)c(C(=O)OC)c3C)C2)cc1. The summed E-state index contributed by atoms with van der Waals surface area (Å²) in [5.41, 5.74) is 4.29. The van der Waals surface area contributed by atoms with E-state index in [1.165, 1.54) is 12.7 Å². The van der Waals surface area contributed by atoms with Crippen LogP contribution < -0.4 is 5.32 Å². The topological polar surface area (TPSA) is 91.5 Å². The third kappa shape index (κ3) is 4.98. The summed E-state index contributed by atoms with van der Waals surface area (Å²) in [4.78, 5) is 42.6. The fourth-order valence-electron chi connectivity index (χ4n) is 4.13. The van der Waals surface area contributed by atoms with Gasteiger partial charge in [0.05, 0.1) is 18.6 Å². The van der Waals surface area contributed by atoms with Crippen LogP contribution in [0.4, 0.5) is 0 Å². The molecular formula is C24H31N3O4. The van der Waals surface area contributed by atoms with E-state index >= 15 is 0 Å². The van der Waals surface area contributed by atoms with Gasteiger partial charge >= 0.3 is 5.97 Å². The molecule has 1 atom stereocenters. The maximum Gasteiger partial charge on any atom is 0.339 e. The predicted molar refractivity (Wildman–Crippen MR) is 118 cm³/mol. The van der Waals surface area contributed by atoms with Crippen LogP contribution >= 0.6 is 0 Å². The van der Waals surface area contributed by atoms with E-state index in [9.17, 15) is 14.4 Å². The van der Waals surface area contributed by atoms with Crippen molar-refractivity contribution in [2.45, 2.75) is 46.6 Å². The first-order valence-corrected chi connectivity index (χ1v) is 10.8. The average molecular weight is 426 g/mol. The van der Waals surface area contributed by atoms with Crippen molar-refractivity contribution >= 4 is 17.8 Å². The number of likely N-dealkylation sites (tertiary alicyclic amines) is 1. The Labute approximate surface area is 183 Å². The molecule has 1 saturated heterocycles. The second-order valence-electron chi connectivity index (χ2n) is 8.09. The van der Waals surface area contributed by atoms with Crippen molar-refractivity contribution in [2.24, 2.45) is 5.92 Å². The molecule has 7 nitrogen and oxygen atoms in total. The number of benzene rings is 1. The molecule has 0 saturated carbocycles. The normalized spacial score (nSPS) is 16.1. The number of hydrogen-bond donors (Lipinski definition) is 2. The van der Waals surface area contributed by atoms with Gasteiger partial charge in [-0.15, -0.1) is 0 Å². The lowest BCUT2D eigenvalue weighted by Gasteiger charge is -2.32. The summed E-state index contributed by atoms with van der Waals surface area (Å²) in [6.07, 6.45) is 2.50. The van der Waals surface area contributed by atoms with E-state index in [1.807, 2.05) is 12.1 Å². The van der Waals surface area contributed by atoms with Crippen LogP contribution in [0.15, 0.2) is 24.3 Å². The first kappa shape index (κ1) is 22.6. The molecule has 0 unspecified atom stereocenters. The molecule has 1 aromatic heterocycles. The van der Waals surface area contributed by atoms with Crippen molar-refractivity contribution in [3.05, 3.63) is 57.9 Å². The number of hydrogen-bond acceptors (Lipinski definition) is 4. The fraction of sp³-hybridized carbons (Fsp3) is 0.458. The molecular weight excluding hydrogens is 394 g/mol. The number of carbonyl (C=O) groups is 3. The summed E-state index contributed by atoms with van der Waals surface area (Å²) in [7, 11) is 1.32. The zero-order valence-electron chi connectivity index (χ0n) is 18.7. The van der Waals surface area contributed by atoms with Crippen molar-refractivity contribution in [2.75, 3.05) is 20.2 Å². The molecule has 31 heavy (non-hydrogen) atoms. The highest BCUT2D eigenvalue weighted by atomic mass is 16.5. The van der Waals surface area contributed by atoms with Gasteiger partial charge in [-0.3, -0.25) is 9.59 Å². The highest BCUT2D eigenvalue weighted by Crippen LogP contribution is 2.23. The molecule has 0 bridgehead atoms. The molecule has 2 aromatic rings. The Morgan fingerprint density at radius 1 is 1.16 bits per heavy atom. The number of carbonyl (C=O) groups excluding carboxylic acids is 3. The van der Waals surface area contributed by atoms with Crippen LogP contribution in [0.5, 0.6) is 0 Å². The monoisotopic (exact) mass is 425 g/mol. The number of esters is 1. The summed E-state index contributed by atoms with van der Waals surface area (Å²) in [6, 6.07) is 8.22. The van der Waals surface area contributed by atoms with Crippen molar-refractivity contribution in [1.29, 1.82) is 0 Å². The summed E-state index contributed by atoms with van der Waals surface area (Å²) < 4.78 is 4.82. The summed E-state index contributed by atoms with van der Waals surface area (Å²) in [5.74, 6) is -0.938. The zero-order chi connectivity index (χ0) is 22.5. The Morgan fingerprint density at radius 3 is 2.48 bits per heavy atom. The van der Waals surface area contributed by atoms with E-state index in [-0.39, 0.29) is 17.7 Å². The van der Waals surface area contributed by atoms with Crippen molar-refractivity contribution < 1.29 is 19.1 Å². The first-order valence-electron chi connectivity index (χ1n) is 10.8. The van der Waals surface area contributed by atoms with E-state index in [0.717, 1.165) is 24.8 Å². The standard InChI is InChI=1S/C24H31N3O4/c1-5-17-8-10-18(11-9-17)13-25-22(28)19-7-6-12-27(14-19)23(29)21-15(2)20(16(3)26-21)24(30)31-4/h8-11,19,26H,5-7,12-14H2,1-4H3,(H,25,28)/t19-/m1/s1. The second-order valence-corrected chi connectivity index (χ2v) is 8.09. The van der Waals surface area contributed by atoms with Gasteiger partial charge in [-0.2, -0.15) is 0 Å². The Kier molecular flexibility index (Phi) is 7.15. The number of aromatic amines is 1. The molecule has 1 aromatic carbocycles. The Morgan fingerprint density at radius 2 is 1.84 bits per heavy atom. The van der Waals surface area contributed by atoms with Gasteiger partial charge in [-0.05, 0) is 49.8 Å². The molecule has 0 spiro atoms. The third-order valence-electron chi connectivity index (χ3n) is 6.02. The van der Waals surface area contributed by atoms with Crippen LogP contribution in [0.3, 0.4) is 0 Å². The number of piperidine rings is 1. The van der Waals surface area contributed by atoms with Gasteiger partial charge in [0.15, 0.2) is 0 Å². The molecule has 2 heterocycles. The van der Waals surface area contributed by atoms with Crippen molar-refractivity contribution in [3.63, 3.8) is 0 Å². The lowest BCUT2D eigenvalue weighted by molar-refractivity contribution is -0.126. The Bertz CT molecular complexity index is 962. The minimum Gasteiger partial charge on any atom is -0.465 e. The van der Waals surface area contributed by atoms with Crippen LogP contribution in [0.2, 0.25) is 0 Å². The smallest absolute Gasteiger partial charge is 0.339 e. The van der Waals surface area contributed by atoms with E-state index in [1.54, 1.807) is 18.7 Å². The number of methoxy groups -OCH3 is 1. The average Bonchev–Trinajstić information content (AvgIpc) is 3.10. The first-order chi connectivity index (χ1) is 14.8. The summed E-state index contributed by atoms with van der Waals surface area (Å²) in [6.45, 7) is 7.02. The quantitative estimate of drug-likeness (QED) is 0.696. The van der Waals surface area contributed by atoms with Crippen LogP contribution in [0, 0.1) is 19.8 Å². The number of nitrogens with zero attached hydrogens (tertiary/aromatic N) is 1. The van der Waals surface area contributed by atoms with E-state index in [0.29, 0.717) is 42.1 Å². The van der Waals surface area contributed by atoms with Gasteiger partial charge in [0.2, 0.25) is 5.91 Å².